The fourth-order valence-electron chi connectivity index (χ4n) is 5.37. The second-order valence-electron chi connectivity index (χ2n) is 8.13. The highest BCUT2D eigenvalue weighted by Crippen LogP contribution is 2.54. The van der Waals surface area contributed by atoms with E-state index in [1.54, 1.807) is 6.08 Å². The van der Waals surface area contributed by atoms with E-state index in [0.29, 0.717) is 36.8 Å². The summed E-state index contributed by atoms with van der Waals surface area (Å²) in [6, 6.07) is 3.86. The number of ether oxygens (including phenoxy) is 1. The molecule has 1 saturated carbocycles. The molecule has 2 aromatic rings. The van der Waals surface area contributed by atoms with Gasteiger partial charge in [0.05, 0.1) is 0 Å². The number of halogens is 7. The monoisotopic (exact) mass is 444 g/mol. The summed E-state index contributed by atoms with van der Waals surface area (Å²) in [6.45, 7) is 3.80. The quantitative estimate of drug-likeness (QED) is 0.360. The average Bonchev–Trinajstić information content (AvgIpc) is 2.68. The fraction of sp³-hybridized carbons (Fsp3) is 0.391. The predicted molar refractivity (Wildman–Crippen MR) is 99.6 cm³/mol. The van der Waals surface area contributed by atoms with E-state index in [-0.39, 0.29) is 23.3 Å². The Morgan fingerprint density at radius 3 is 2.19 bits per heavy atom. The minimum Gasteiger partial charge on any atom is -0.399 e. The average molecular weight is 444 g/mol. The first kappa shape index (κ1) is 21.7. The van der Waals surface area contributed by atoms with Crippen molar-refractivity contribution in [3.8, 4) is 5.75 Å². The van der Waals surface area contributed by atoms with E-state index in [1.807, 2.05) is 0 Å². The van der Waals surface area contributed by atoms with E-state index >= 15 is 0 Å². The van der Waals surface area contributed by atoms with Crippen LogP contribution in [0.5, 0.6) is 5.75 Å². The number of alkyl halides is 3. The molecule has 1 fully saturated rings. The molecule has 4 atom stereocenters. The molecule has 2 aromatic carbocycles. The molecule has 0 heterocycles. The fourth-order valence-corrected chi connectivity index (χ4v) is 5.37. The summed E-state index contributed by atoms with van der Waals surface area (Å²) in [5.41, 5.74) is 1.19. The predicted octanol–water partition coefficient (Wildman–Crippen LogP) is 7.17. The van der Waals surface area contributed by atoms with Gasteiger partial charge in [-0.05, 0) is 84.2 Å². The van der Waals surface area contributed by atoms with Gasteiger partial charge in [-0.3, -0.25) is 0 Å². The van der Waals surface area contributed by atoms with Crippen LogP contribution in [0.1, 0.15) is 47.8 Å². The smallest absolute Gasteiger partial charge is 0.399 e. The van der Waals surface area contributed by atoms with Crippen LogP contribution in [0.4, 0.5) is 30.7 Å². The number of hydrogen-bond acceptors (Lipinski definition) is 1. The molecule has 0 aliphatic heterocycles. The van der Waals surface area contributed by atoms with E-state index in [4.69, 9.17) is 0 Å². The first-order valence-electron chi connectivity index (χ1n) is 9.94. The maximum Gasteiger partial charge on any atom is 0.573 e. The third kappa shape index (κ3) is 4.04. The van der Waals surface area contributed by atoms with Gasteiger partial charge in [0.1, 0.15) is 11.6 Å². The van der Waals surface area contributed by atoms with Gasteiger partial charge < -0.3 is 4.74 Å². The second-order valence-corrected chi connectivity index (χ2v) is 8.13. The standard InChI is InChI=1S/C23H19F7O/c1-2-11-3-4-14-16(6-5-15-17(14)9-13(24)10-18(15)25)21(11)12-7-19(26)22(20(27)8-12)31-23(28,29)30/h2,7-11,14,16,21H,1,3-6H2/t11-,14-,16+,21-/m1/s1. The molecule has 0 bridgehead atoms. The van der Waals surface area contributed by atoms with Gasteiger partial charge in [-0.25, -0.2) is 17.6 Å². The topological polar surface area (TPSA) is 9.23 Å². The van der Waals surface area contributed by atoms with Crippen molar-refractivity contribution in [2.75, 3.05) is 0 Å². The molecule has 31 heavy (non-hydrogen) atoms. The molecule has 0 N–H and O–H groups in total. The van der Waals surface area contributed by atoms with Crippen molar-refractivity contribution in [1.82, 2.24) is 0 Å². The summed E-state index contributed by atoms with van der Waals surface area (Å²) in [4.78, 5) is 0. The maximum atomic E-state index is 14.4. The lowest BCUT2D eigenvalue weighted by Crippen LogP contribution is -2.35. The lowest BCUT2D eigenvalue weighted by atomic mass is 9.58. The zero-order valence-corrected chi connectivity index (χ0v) is 16.3. The summed E-state index contributed by atoms with van der Waals surface area (Å²) in [6.07, 6.45) is -1.55. The maximum absolute atomic E-state index is 14.4. The molecule has 2 aliphatic carbocycles. The van der Waals surface area contributed by atoms with Gasteiger partial charge in [0.25, 0.3) is 0 Å². The van der Waals surface area contributed by atoms with Crippen molar-refractivity contribution in [2.24, 2.45) is 11.8 Å². The van der Waals surface area contributed by atoms with Gasteiger partial charge in [0.15, 0.2) is 11.6 Å². The molecule has 0 amide bonds. The molecule has 0 unspecified atom stereocenters. The van der Waals surface area contributed by atoms with Crippen LogP contribution >= 0.6 is 0 Å². The molecule has 0 aromatic heterocycles. The van der Waals surface area contributed by atoms with Crippen LogP contribution in [0.25, 0.3) is 0 Å². The van der Waals surface area contributed by atoms with E-state index < -0.39 is 41.3 Å². The summed E-state index contributed by atoms with van der Waals surface area (Å²) >= 11 is 0. The number of fused-ring (bicyclic) bond motifs is 3. The molecule has 2 aliphatic rings. The number of rotatable bonds is 3. The van der Waals surface area contributed by atoms with Crippen molar-refractivity contribution in [1.29, 1.82) is 0 Å². The molecular formula is C23H19F7O. The van der Waals surface area contributed by atoms with Crippen molar-refractivity contribution < 1.29 is 35.5 Å². The van der Waals surface area contributed by atoms with E-state index in [9.17, 15) is 30.7 Å². The van der Waals surface area contributed by atoms with Crippen LogP contribution in [0.15, 0.2) is 36.9 Å². The Bertz CT molecular complexity index is 991. The molecule has 1 nitrogen and oxygen atoms in total. The third-order valence-electron chi connectivity index (χ3n) is 6.50. The highest BCUT2D eigenvalue weighted by molar-refractivity contribution is 5.40. The van der Waals surface area contributed by atoms with Crippen molar-refractivity contribution in [3.05, 3.63) is 76.9 Å². The Morgan fingerprint density at radius 1 is 0.903 bits per heavy atom. The highest BCUT2D eigenvalue weighted by Gasteiger charge is 2.43. The number of allylic oxidation sites excluding steroid dienone is 1. The lowest BCUT2D eigenvalue weighted by molar-refractivity contribution is -0.276. The van der Waals surface area contributed by atoms with Crippen LogP contribution in [0, 0.1) is 35.1 Å². The summed E-state index contributed by atoms with van der Waals surface area (Å²) in [7, 11) is 0. The molecule has 0 radical (unpaired) electrons. The zero-order chi connectivity index (χ0) is 22.5. The van der Waals surface area contributed by atoms with Gasteiger partial charge in [-0.2, -0.15) is 0 Å². The summed E-state index contributed by atoms with van der Waals surface area (Å²) in [5.74, 6) is -6.78. The van der Waals surface area contributed by atoms with Crippen LogP contribution in [0.2, 0.25) is 0 Å². The Kier molecular flexibility index (Phi) is 5.52. The largest absolute Gasteiger partial charge is 0.573 e. The molecule has 0 saturated heterocycles. The zero-order valence-electron chi connectivity index (χ0n) is 16.3. The minimum atomic E-state index is -5.23. The Hall–Kier alpha value is -2.51. The van der Waals surface area contributed by atoms with E-state index in [0.717, 1.165) is 18.2 Å². The molecule has 8 heteroatoms. The third-order valence-corrected chi connectivity index (χ3v) is 6.50. The van der Waals surface area contributed by atoms with Gasteiger partial charge >= 0.3 is 6.36 Å². The highest BCUT2D eigenvalue weighted by atomic mass is 19.4. The van der Waals surface area contributed by atoms with Gasteiger partial charge in [0.2, 0.25) is 5.75 Å². The summed E-state index contributed by atoms with van der Waals surface area (Å²) in [5, 5.41) is 0. The minimum absolute atomic E-state index is 0.185. The SMILES string of the molecule is C=C[C@@H]1CC[C@H]2c3cc(F)cc(F)c3CC[C@@H]2[C@H]1c1cc(F)c(OC(F)(F)F)c(F)c1. The van der Waals surface area contributed by atoms with Crippen LogP contribution in [0.3, 0.4) is 0 Å². The van der Waals surface area contributed by atoms with Gasteiger partial charge in [-0.1, -0.05) is 6.08 Å². The van der Waals surface area contributed by atoms with Gasteiger partial charge in [0, 0.05) is 6.07 Å². The first-order valence-corrected chi connectivity index (χ1v) is 9.94. The van der Waals surface area contributed by atoms with Crippen molar-refractivity contribution >= 4 is 0 Å². The van der Waals surface area contributed by atoms with Crippen LogP contribution in [-0.2, 0) is 6.42 Å². The van der Waals surface area contributed by atoms with Crippen molar-refractivity contribution in [3.63, 3.8) is 0 Å². The Balaban J connectivity index is 1.76. The van der Waals surface area contributed by atoms with Crippen molar-refractivity contribution in [2.45, 2.75) is 43.9 Å². The summed E-state index contributed by atoms with van der Waals surface area (Å²) < 4.78 is 97.9. The molecule has 0 spiro atoms. The normalized spacial score (nSPS) is 25.5. The van der Waals surface area contributed by atoms with Gasteiger partial charge in [-0.15, -0.1) is 19.8 Å². The van der Waals surface area contributed by atoms with E-state index in [1.165, 1.54) is 6.07 Å². The molecule has 4 rings (SSSR count). The molecule has 166 valence electrons. The number of benzene rings is 2. The van der Waals surface area contributed by atoms with Crippen LogP contribution in [-0.4, -0.2) is 6.36 Å². The van der Waals surface area contributed by atoms with Crippen LogP contribution < -0.4 is 4.74 Å². The van der Waals surface area contributed by atoms with E-state index in [2.05, 4.69) is 11.3 Å². The first-order chi connectivity index (χ1) is 14.6. The second kappa shape index (κ2) is 7.88. The number of hydrogen-bond donors (Lipinski definition) is 0. The Labute approximate surface area is 174 Å². The Morgan fingerprint density at radius 2 is 1.58 bits per heavy atom. The lowest BCUT2D eigenvalue weighted by Gasteiger charge is -2.46. The molecular weight excluding hydrogens is 425 g/mol.